The first-order chi connectivity index (χ1) is 12.3. The van der Waals surface area contributed by atoms with E-state index in [-0.39, 0.29) is 18.4 Å². The molecule has 1 aliphatic heterocycles. The van der Waals surface area contributed by atoms with Crippen LogP contribution in [0.5, 0.6) is 0 Å². The molecule has 1 aliphatic rings. The number of esters is 1. The van der Waals surface area contributed by atoms with Gasteiger partial charge < -0.3 is 9.47 Å². The monoisotopic (exact) mass is 490 g/mol. The maximum absolute atomic E-state index is 13.0. The van der Waals surface area contributed by atoms with Crippen molar-refractivity contribution in [1.29, 1.82) is 0 Å². The number of hydrogen-bond acceptors (Lipinski definition) is 4. The lowest BCUT2D eigenvalue weighted by atomic mass is 9.78. The number of Topliss-reactive ketones (excluding diaryl/α,β-unsaturated/α-hetero) is 1. The summed E-state index contributed by atoms with van der Waals surface area (Å²) in [6, 6.07) is 1.89. The van der Waals surface area contributed by atoms with Crippen molar-refractivity contribution in [3.63, 3.8) is 0 Å². The molecule has 144 valence electrons. The van der Waals surface area contributed by atoms with Gasteiger partial charge in [-0.05, 0) is 56.7 Å². The molecule has 0 radical (unpaired) electrons. The molecule has 0 aromatic carbocycles. The Labute approximate surface area is 171 Å². The molecular formula is C19H26Br2NO4+. The minimum atomic E-state index is -1.08. The second-order valence-corrected chi connectivity index (χ2v) is 9.02. The van der Waals surface area contributed by atoms with Gasteiger partial charge in [-0.3, -0.25) is 9.59 Å². The molecule has 0 aliphatic carbocycles. The van der Waals surface area contributed by atoms with Gasteiger partial charge in [0, 0.05) is 13.0 Å². The van der Waals surface area contributed by atoms with E-state index in [1.54, 1.807) is 4.57 Å². The zero-order valence-corrected chi connectivity index (χ0v) is 18.6. The second-order valence-electron chi connectivity index (χ2n) is 7.19. The first-order valence-electron chi connectivity index (χ1n) is 8.94. The van der Waals surface area contributed by atoms with Gasteiger partial charge in [-0.15, -0.1) is 0 Å². The predicted molar refractivity (Wildman–Crippen MR) is 105 cm³/mol. The number of carbonyl (C=O) groups is 2. The molecule has 0 saturated carbocycles. The van der Waals surface area contributed by atoms with E-state index in [1.165, 1.54) is 0 Å². The summed E-state index contributed by atoms with van der Waals surface area (Å²) >= 11 is 6.83. The maximum atomic E-state index is 13.0. The van der Waals surface area contributed by atoms with Crippen LogP contribution in [0.1, 0.15) is 40.0 Å². The highest BCUT2D eigenvalue weighted by molar-refractivity contribution is 9.11. The van der Waals surface area contributed by atoms with Gasteiger partial charge in [-0.1, -0.05) is 20.8 Å². The largest absolute Gasteiger partial charge is 0.459 e. The lowest BCUT2D eigenvalue weighted by Crippen LogP contribution is -2.46. The molecule has 0 spiro atoms. The third kappa shape index (κ3) is 5.36. The molecule has 5 nitrogen and oxygen atoms in total. The summed E-state index contributed by atoms with van der Waals surface area (Å²) in [5.41, 5.74) is -1.08. The van der Waals surface area contributed by atoms with E-state index in [4.69, 9.17) is 9.47 Å². The number of aromatic nitrogens is 1. The van der Waals surface area contributed by atoms with Gasteiger partial charge in [0.25, 0.3) is 0 Å². The van der Waals surface area contributed by atoms with Crippen molar-refractivity contribution in [2.24, 2.45) is 11.3 Å². The number of halogens is 2. The van der Waals surface area contributed by atoms with E-state index >= 15 is 0 Å². The standard InChI is InChI=1S/C19H26Br2NO4/c1-4-19(17(23)11-22-9-14(20)7-15(21)10-22)8-16(26-18(19)24)12-25-6-5-13(2)3/h7,9-10,13,16H,4-6,8,11-12H2,1-3H3/q+1. The highest BCUT2D eigenvalue weighted by Crippen LogP contribution is 2.38. The number of rotatable bonds is 9. The van der Waals surface area contributed by atoms with Gasteiger partial charge in [-0.25, -0.2) is 0 Å². The highest BCUT2D eigenvalue weighted by atomic mass is 79.9. The Kier molecular flexibility index (Phi) is 7.79. The molecule has 2 atom stereocenters. The third-order valence-electron chi connectivity index (χ3n) is 4.70. The van der Waals surface area contributed by atoms with Crippen molar-refractivity contribution in [3.8, 4) is 0 Å². The van der Waals surface area contributed by atoms with Gasteiger partial charge >= 0.3 is 5.97 Å². The van der Waals surface area contributed by atoms with E-state index in [9.17, 15) is 9.59 Å². The normalized spacial score (nSPS) is 22.7. The summed E-state index contributed by atoms with van der Waals surface area (Å²) in [5.74, 6) is 0.0285. The van der Waals surface area contributed by atoms with Crippen LogP contribution in [0.2, 0.25) is 0 Å². The molecule has 2 rings (SSSR count). The van der Waals surface area contributed by atoms with Crippen molar-refractivity contribution in [2.45, 2.75) is 52.7 Å². The molecule has 1 aromatic rings. The summed E-state index contributed by atoms with van der Waals surface area (Å²) in [4.78, 5) is 25.5. The number of pyridine rings is 1. The Morgan fingerprint density at radius 1 is 1.38 bits per heavy atom. The Morgan fingerprint density at radius 3 is 2.62 bits per heavy atom. The molecule has 1 fully saturated rings. The van der Waals surface area contributed by atoms with E-state index < -0.39 is 11.4 Å². The number of ether oxygens (including phenoxy) is 2. The average Bonchev–Trinajstić information content (AvgIpc) is 2.87. The van der Waals surface area contributed by atoms with Crippen LogP contribution in [0.15, 0.2) is 27.4 Å². The summed E-state index contributed by atoms with van der Waals surface area (Å²) in [6.45, 7) is 7.25. The molecule has 1 saturated heterocycles. The molecule has 0 N–H and O–H groups in total. The van der Waals surface area contributed by atoms with Crippen molar-refractivity contribution >= 4 is 43.6 Å². The average molecular weight is 492 g/mol. The molecule has 2 heterocycles. The summed E-state index contributed by atoms with van der Waals surface area (Å²) in [7, 11) is 0. The summed E-state index contributed by atoms with van der Waals surface area (Å²) in [6.07, 6.45) is 5.07. The predicted octanol–water partition coefficient (Wildman–Crippen LogP) is 3.84. The van der Waals surface area contributed by atoms with Gasteiger partial charge in [0.2, 0.25) is 12.3 Å². The van der Waals surface area contributed by atoms with Gasteiger partial charge in [-0.2, -0.15) is 4.57 Å². The van der Waals surface area contributed by atoms with Crippen LogP contribution >= 0.6 is 31.9 Å². The second kappa shape index (κ2) is 9.42. The van der Waals surface area contributed by atoms with Crippen LogP contribution in [-0.4, -0.2) is 31.1 Å². The van der Waals surface area contributed by atoms with Crippen molar-refractivity contribution in [1.82, 2.24) is 0 Å². The first-order valence-corrected chi connectivity index (χ1v) is 10.5. The third-order valence-corrected chi connectivity index (χ3v) is 5.57. The fourth-order valence-electron chi connectivity index (χ4n) is 3.09. The van der Waals surface area contributed by atoms with Gasteiger partial charge in [0.1, 0.15) is 11.5 Å². The van der Waals surface area contributed by atoms with E-state index in [0.29, 0.717) is 32.0 Å². The minimum Gasteiger partial charge on any atom is -0.459 e. The van der Waals surface area contributed by atoms with Crippen molar-refractivity contribution < 1.29 is 23.6 Å². The number of nitrogens with zero attached hydrogens (tertiary/aromatic N) is 1. The van der Waals surface area contributed by atoms with Crippen LogP contribution in [-0.2, 0) is 25.6 Å². The van der Waals surface area contributed by atoms with E-state index in [1.807, 2.05) is 25.4 Å². The molecule has 0 amide bonds. The number of hydrogen-bond donors (Lipinski definition) is 0. The number of cyclic esters (lactones) is 1. The smallest absolute Gasteiger partial charge is 0.320 e. The first kappa shape index (κ1) is 21.5. The van der Waals surface area contributed by atoms with E-state index in [0.717, 1.165) is 15.4 Å². The van der Waals surface area contributed by atoms with Gasteiger partial charge in [0.15, 0.2) is 12.4 Å². The number of carbonyl (C=O) groups excluding carboxylic acids is 2. The fourth-order valence-corrected chi connectivity index (χ4v) is 4.41. The quantitative estimate of drug-likeness (QED) is 0.228. The molecule has 7 heteroatoms. The van der Waals surface area contributed by atoms with Crippen molar-refractivity contribution in [2.75, 3.05) is 13.2 Å². The van der Waals surface area contributed by atoms with Crippen LogP contribution in [0.25, 0.3) is 0 Å². The lowest BCUT2D eigenvalue weighted by molar-refractivity contribution is -0.685. The molecular weight excluding hydrogens is 466 g/mol. The van der Waals surface area contributed by atoms with Crippen LogP contribution in [0.4, 0.5) is 0 Å². The van der Waals surface area contributed by atoms with E-state index in [2.05, 4.69) is 45.7 Å². The minimum absolute atomic E-state index is 0.121. The topological polar surface area (TPSA) is 56.5 Å². The van der Waals surface area contributed by atoms with Crippen LogP contribution in [0.3, 0.4) is 0 Å². The highest BCUT2D eigenvalue weighted by Gasteiger charge is 2.54. The SMILES string of the molecule is CCC1(C(=O)C[n+]2cc(Br)cc(Br)c2)CC(COCCC(C)C)OC1=O. The molecule has 2 unspecified atom stereocenters. The Hall–Kier alpha value is -0.790. The number of ketones is 1. The zero-order chi connectivity index (χ0) is 19.3. The van der Waals surface area contributed by atoms with Crippen molar-refractivity contribution in [3.05, 3.63) is 27.4 Å². The Bertz CT molecular complexity index is 645. The zero-order valence-electron chi connectivity index (χ0n) is 15.5. The maximum Gasteiger partial charge on any atom is 0.320 e. The Balaban J connectivity index is 2.02. The Morgan fingerprint density at radius 2 is 2.04 bits per heavy atom. The summed E-state index contributed by atoms with van der Waals surface area (Å²) < 4.78 is 14.6. The molecule has 1 aromatic heterocycles. The lowest BCUT2D eigenvalue weighted by Gasteiger charge is -2.19. The summed E-state index contributed by atoms with van der Waals surface area (Å²) in [5, 5.41) is 0. The van der Waals surface area contributed by atoms with Crippen LogP contribution < -0.4 is 4.57 Å². The fraction of sp³-hybridized carbons (Fsp3) is 0.632. The molecule has 26 heavy (non-hydrogen) atoms. The van der Waals surface area contributed by atoms with Crippen LogP contribution in [0, 0.1) is 11.3 Å². The molecule has 0 bridgehead atoms. The van der Waals surface area contributed by atoms with Gasteiger partial charge in [0.05, 0.1) is 15.6 Å².